The molecular weight excluding hydrogens is 168 g/mol. The smallest absolute Gasteiger partial charge is 0.187 e. The second-order valence-corrected chi connectivity index (χ2v) is 3.19. The molecule has 0 aliphatic carbocycles. The van der Waals surface area contributed by atoms with Gasteiger partial charge in [-0.1, -0.05) is 0 Å². The Bertz CT molecular complexity index is 171. The molecule has 0 aromatic rings. The number of aliphatic imine (C=N–C) groups is 1. The zero-order chi connectivity index (χ0) is 9.68. The molecule has 0 spiro atoms. The van der Waals surface area contributed by atoms with Crippen LogP contribution in [0.3, 0.4) is 0 Å². The Kier molecular flexibility index (Phi) is 3.98. The first kappa shape index (κ1) is 10.3. The minimum Gasteiger partial charge on any atom is -0.380 e. The third kappa shape index (κ3) is 3.61. The maximum Gasteiger partial charge on any atom is 0.187 e. The Balaban J connectivity index is 2.43. The van der Waals surface area contributed by atoms with Crippen molar-refractivity contribution >= 4 is 5.96 Å². The van der Waals surface area contributed by atoms with Crippen LogP contribution in [0.15, 0.2) is 4.99 Å². The van der Waals surface area contributed by atoms with Gasteiger partial charge in [0.15, 0.2) is 5.96 Å². The van der Waals surface area contributed by atoms with E-state index in [0.29, 0.717) is 0 Å². The van der Waals surface area contributed by atoms with Crippen LogP contribution in [0.5, 0.6) is 0 Å². The van der Waals surface area contributed by atoms with Gasteiger partial charge in [0.25, 0.3) is 0 Å². The number of nitrogens with zero attached hydrogens (tertiary/aromatic N) is 2. The molecule has 4 N–H and O–H groups in total. The van der Waals surface area contributed by atoms with Gasteiger partial charge in [0.2, 0.25) is 0 Å². The SMILES string of the molecule is CC(N=C(N)N)N1CCCOCC1. The molecule has 0 aromatic carbocycles. The van der Waals surface area contributed by atoms with E-state index in [4.69, 9.17) is 16.2 Å². The Morgan fingerprint density at radius 3 is 2.85 bits per heavy atom. The van der Waals surface area contributed by atoms with Gasteiger partial charge in [-0.2, -0.15) is 0 Å². The second kappa shape index (κ2) is 5.04. The molecule has 1 saturated heterocycles. The highest BCUT2D eigenvalue weighted by molar-refractivity contribution is 5.75. The van der Waals surface area contributed by atoms with Crippen molar-refractivity contribution in [2.75, 3.05) is 26.3 Å². The average molecular weight is 186 g/mol. The van der Waals surface area contributed by atoms with E-state index in [2.05, 4.69) is 9.89 Å². The highest BCUT2D eigenvalue weighted by atomic mass is 16.5. The maximum atomic E-state index is 5.33. The maximum absolute atomic E-state index is 5.33. The molecule has 1 fully saturated rings. The molecule has 1 aliphatic heterocycles. The van der Waals surface area contributed by atoms with E-state index in [1.165, 1.54) is 0 Å². The number of ether oxygens (including phenoxy) is 1. The predicted octanol–water partition coefficient (Wildman–Crippen LogP) is -0.672. The first-order valence-corrected chi connectivity index (χ1v) is 4.60. The summed E-state index contributed by atoms with van der Waals surface area (Å²) in [7, 11) is 0. The minimum atomic E-state index is 0.0618. The molecule has 76 valence electrons. The predicted molar refractivity (Wildman–Crippen MR) is 52.3 cm³/mol. The van der Waals surface area contributed by atoms with Crippen molar-refractivity contribution in [3.05, 3.63) is 0 Å². The van der Waals surface area contributed by atoms with Crippen molar-refractivity contribution in [1.29, 1.82) is 0 Å². The molecule has 13 heavy (non-hydrogen) atoms. The van der Waals surface area contributed by atoms with E-state index in [1.54, 1.807) is 0 Å². The number of rotatable bonds is 2. The second-order valence-electron chi connectivity index (χ2n) is 3.19. The largest absolute Gasteiger partial charge is 0.380 e. The molecule has 1 heterocycles. The topological polar surface area (TPSA) is 76.9 Å². The van der Waals surface area contributed by atoms with Gasteiger partial charge in [-0.15, -0.1) is 0 Å². The Morgan fingerprint density at radius 2 is 2.15 bits per heavy atom. The molecule has 1 aliphatic rings. The quantitative estimate of drug-likeness (QED) is 0.443. The van der Waals surface area contributed by atoms with Crippen molar-refractivity contribution in [3.8, 4) is 0 Å². The van der Waals surface area contributed by atoms with Gasteiger partial charge in [0, 0.05) is 19.7 Å². The lowest BCUT2D eigenvalue weighted by Gasteiger charge is -2.23. The van der Waals surface area contributed by atoms with E-state index in [-0.39, 0.29) is 12.1 Å². The molecule has 0 saturated carbocycles. The highest BCUT2D eigenvalue weighted by Crippen LogP contribution is 2.05. The van der Waals surface area contributed by atoms with E-state index < -0.39 is 0 Å². The Labute approximate surface area is 78.7 Å². The first-order valence-electron chi connectivity index (χ1n) is 4.60. The lowest BCUT2D eigenvalue weighted by molar-refractivity contribution is 0.135. The molecule has 5 heteroatoms. The summed E-state index contributed by atoms with van der Waals surface area (Å²) in [5, 5.41) is 0. The fourth-order valence-electron chi connectivity index (χ4n) is 1.44. The van der Waals surface area contributed by atoms with Gasteiger partial charge in [0.1, 0.15) is 6.17 Å². The number of hydrogen-bond acceptors (Lipinski definition) is 3. The van der Waals surface area contributed by atoms with Crippen LogP contribution in [0.4, 0.5) is 0 Å². The summed E-state index contributed by atoms with van der Waals surface area (Å²) in [4.78, 5) is 6.30. The summed E-state index contributed by atoms with van der Waals surface area (Å²) in [6, 6.07) is 0. The van der Waals surface area contributed by atoms with Gasteiger partial charge in [-0.3, -0.25) is 4.90 Å². The highest BCUT2D eigenvalue weighted by Gasteiger charge is 2.14. The normalized spacial score (nSPS) is 21.9. The van der Waals surface area contributed by atoms with Crippen LogP contribution in [-0.4, -0.2) is 43.3 Å². The molecule has 0 bridgehead atoms. The van der Waals surface area contributed by atoms with Gasteiger partial charge in [-0.25, -0.2) is 4.99 Å². The van der Waals surface area contributed by atoms with E-state index in [9.17, 15) is 0 Å². The number of hydrogen-bond donors (Lipinski definition) is 2. The lowest BCUT2D eigenvalue weighted by atomic mass is 10.3. The molecule has 0 radical (unpaired) electrons. The molecular formula is C8H18N4O. The van der Waals surface area contributed by atoms with Crippen LogP contribution in [0.1, 0.15) is 13.3 Å². The summed E-state index contributed by atoms with van der Waals surface area (Å²) in [6.07, 6.45) is 1.11. The zero-order valence-corrected chi connectivity index (χ0v) is 8.07. The number of nitrogens with two attached hydrogens (primary N) is 2. The standard InChI is InChI=1S/C8H18N4O/c1-7(11-8(9)10)12-3-2-5-13-6-4-12/h7H,2-6H2,1H3,(H4,9,10,11). The first-order chi connectivity index (χ1) is 6.20. The molecule has 1 rings (SSSR count). The third-order valence-corrected chi connectivity index (χ3v) is 2.12. The van der Waals surface area contributed by atoms with E-state index in [0.717, 1.165) is 32.7 Å². The van der Waals surface area contributed by atoms with E-state index >= 15 is 0 Å². The van der Waals surface area contributed by atoms with Gasteiger partial charge in [0.05, 0.1) is 6.61 Å². The van der Waals surface area contributed by atoms with Crippen molar-refractivity contribution < 1.29 is 4.74 Å². The van der Waals surface area contributed by atoms with E-state index in [1.807, 2.05) is 6.92 Å². The Hall–Kier alpha value is -0.810. The van der Waals surface area contributed by atoms with Crippen molar-refractivity contribution in [2.24, 2.45) is 16.5 Å². The van der Waals surface area contributed by atoms with Crippen LogP contribution in [0.25, 0.3) is 0 Å². The molecule has 5 nitrogen and oxygen atoms in total. The van der Waals surface area contributed by atoms with Gasteiger partial charge >= 0.3 is 0 Å². The summed E-state index contributed by atoms with van der Waals surface area (Å²) in [6.45, 7) is 5.50. The van der Waals surface area contributed by atoms with Gasteiger partial charge < -0.3 is 16.2 Å². The molecule has 0 amide bonds. The van der Waals surface area contributed by atoms with Crippen LogP contribution in [0.2, 0.25) is 0 Å². The van der Waals surface area contributed by atoms with Crippen LogP contribution in [-0.2, 0) is 4.74 Å². The summed E-state index contributed by atoms with van der Waals surface area (Å²) < 4.78 is 5.33. The fourth-order valence-corrected chi connectivity index (χ4v) is 1.44. The Morgan fingerprint density at radius 1 is 1.38 bits per heavy atom. The summed E-state index contributed by atoms with van der Waals surface area (Å²) in [5.74, 6) is 0.151. The molecule has 0 aromatic heterocycles. The van der Waals surface area contributed by atoms with Crippen molar-refractivity contribution in [2.45, 2.75) is 19.5 Å². The minimum absolute atomic E-state index is 0.0618. The fraction of sp³-hybridized carbons (Fsp3) is 0.875. The molecule has 1 atom stereocenters. The van der Waals surface area contributed by atoms with Crippen LogP contribution in [0, 0.1) is 0 Å². The van der Waals surface area contributed by atoms with Crippen molar-refractivity contribution in [3.63, 3.8) is 0 Å². The average Bonchev–Trinajstić information content (AvgIpc) is 2.29. The van der Waals surface area contributed by atoms with Crippen molar-refractivity contribution in [1.82, 2.24) is 4.90 Å². The number of guanidine groups is 1. The monoisotopic (exact) mass is 186 g/mol. The summed E-state index contributed by atoms with van der Waals surface area (Å²) >= 11 is 0. The zero-order valence-electron chi connectivity index (χ0n) is 8.07. The van der Waals surface area contributed by atoms with Gasteiger partial charge in [-0.05, 0) is 13.3 Å². The lowest BCUT2D eigenvalue weighted by Crippen LogP contribution is -2.37. The van der Waals surface area contributed by atoms with Crippen LogP contribution >= 0.6 is 0 Å². The van der Waals surface area contributed by atoms with Crippen LogP contribution < -0.4 is 11.5 Å². The third-order valence-electron chi connectivity index (χ3n) is 2.12. The summed E-state index contributed by atoms with van der Waals surface area (Å²) in [5.41, 5.74) is 10.6. The molecule has 1 unspecified atom stereocenters.